The van der Waals surface area contributed by atoms with Gasteiger partial charge in [-0.15, -0.1) is 0 Å². The van der Waals surface area contributed by atoms with Crippen LogP contribution in [0.5, 0.6) is 0 Å². The molecule has 0 aliphatic heterocycles. The largest absolute Gasteiger partial charge is 0.384 e. The monoisotopic (exact) mass is 713 g/mol. The highest BCUT2D eigenvalue weighted by molar-refractivity contribution is 6.89. The summed E-state index contributed by atoms with van der Waals surface area (Å²) >= 11 is 0. The predicted octanol–water partition coefficient (Wildman–Crippen LogP) is 10.8. The van der Waals surface area contributed by atoms with Gasteiger partial charge in [0.05, 0.1) is 8.07 Å². The van der Waals surface area contributed by atoms with Crippen LogP contribution in [0.3, 0.4) is 0 Å². The van der Waals surface area contributed by atoms with Crippen LogP contribution < -0.4 is 9.75 Å². The van der Waals surface area contributed by atoms with E-state index in [1.54, 1.807) is 24.6 Å². The van der Waals surface area contributed by atoms with Crippen molar-refractivity contribution in [3.8, 4) is 22.4 Å². The van der Waals surface area contributed by atoms with E-state index in [-0.39, 0.29) is 16.6 Å². The number of benzene rings is 3. The summed E-state index contributed by atoms with van der Waals surface area (Å²) in [5, 5.41) is 0.514. The third-order valence-corrected chi connectivity index (χ3v) is 12.2. The van der Waals surface area contributed by atoms with Gasteiger partial charge in [-0.3, -0.25) is 0 Å². The zero-order valence-corrected chi connectivity index (χ0v) is 28.5. The molecule has 262 valence electrons. The van der Waals surface area contributed by atoms with Crippen LogP contribution in [-0.2, 0) is 7.05 Å². The van der Waals surface area contributed by atoms with Gasteiger partial charge in [-0.25, -0.2) is 4.57 Å². The van der Waals surface area contributed by atoms with Crippen LogP contribution in [0, 0.1) is 6.92 Å². The molecule has 1 nitrogen and oxygen atoms in total. The maximum absolute atomic E-state index is 15.5. The molecule has 0 unspecified atom stereocenters. The Morgan fingerprint density at radius 1 is 0.714 bits per heavy atom. The van der Waals surface area contributed by atoms with Crippen LogP contribution in [0.25, 0.3) is 33.2 Å². The molecule has 1 aromatic heterocycles. The van der Waals surface area contributed by atoms with Crippen LogP contribution >= 0.6 is 0 Å². The van der Waals surface area contributed by atoms with E-state index >= 15 is 17.6 Å². The first-order chi connectivity index (χ1) is 22.9. The lowest BCUT2D eigenvalue weighted by atomic mass is 9.70. The minimum atomic E-state index is -7.05. The average molecular weight is 714 g/mol. The molecule has 1 heterocycles. The summed E-state index contributed by atoms with van der Waals surface area (Å²) in [4.78, 5) is 0. The molecule has 2 aliphatic rings. The summed E-state index contributed by atoms with van der Waals surface area (Å²) in [6.45, 7) is 7.84. The molecule has 0 atom stereocenters. The van der Waals surface area contributed by atoms with Crippen LogP contribution in [0.2, 0.25) is 19.6 Å². The molecule has 49 heavy (non-hydrogen) atoms. The molecule has 2 saturated carbocycles. The number of hydrogen-bond donors (Lipinski definition) is 0. The Balaban J connectivity index is 1.62. The van der Waals surface area contributed by atoms with Gasteiger partial charge in [0.1, 0.15) is 13.0 Å². The van der Waals surface area contributed by atoms with Gasteiger partial charge in [0, 0.05) is 18.2 Å². The number of pyridine rings is 1. The fourth-order valence-corrected chi connectivity index (χ4v) is 8.98. The van der Waals surface area contributed by atoms with Crippen molar-refractivity contribution in [2.45, 2.75) is 93.7 Å². The zero-order chi connectivity index (χ0) is 37.0. The van der Waals surface area contributed by atoms with Crippen LogP contribution in [0.1, 0.15) is 55.6 Å². The molecule has 0 spiro atoms. The first kappa shape index (κ1) is 34.1. The van der Waals surface area contributed by atoms with Gasteiger partial charge in [0.2, 0.25) is 5.69 Å². The van der Waals surface area contributed by atoms with Crippen molar-refractivity contribution in [2.75, 3.05) is 0 Å². The van der Waals surface area contributed by atoms with Crippen molar-refractivity contribution in [3.05, 3.63) is 83.6 Å². The molecular formula is C37H36F10NSi+. The Bertz CT molecular complexity index is 1950. The molecule has 0 saturated heterocycles. The fraction of sp³-hybridized carbons (Fsp3) is 0.432. The van der Waals surface area contributed by atoms with Gasteiger partial charge >= 0.3 is 29.6 Å². The standard InChI is InChI=1S/C37H36F10NSi/c1-21-25-12-8-9-13-26(25)29(32-33(38,39)35(42,43)37(46,47)36(44,45)34(32,40)41)18-27(21)30-19-28(31(20-48(30)2)49(3,4)5)24-16-14-23(15-17-24)22-10-6-7-11-22/h8-9,12-20,22,32H,6-7,10-11H2,1-5H3/q+1/i22D. The third kappa shape index (κ3) is 5.05. The summed E-state index contributed by atoms with van der Waals surface area (Å²) in [5.41, 5.74) is 1.62. The number of hydrogen-bond acceptors (Lipinski definition) is 0. The number of nitrogens with zero attached hydrogens (tertiary/aromatic N) is 1. The Hall–Kier alpha value is -3.41. The second kappa shape index (κ2) is 11.3. The molecule has 0 N–H and O–H groups in total. The maximum atomic E-state index is 15.5. The first-order valence-electron chi connectivity index (χ1n) is 16.5. The highest BCUT2D eigenvalue weighted by Crippen LogP contribution is 2.70. The summed E-state index contributed by atoms with van der Waals surface area (Å²) < 4.78 is 160. The second-order valence-corrected chi connectivity index (χ2v) is 19.4. The van der Waals surface area contributed by atoms with E-state index in [9.17, 15) is 26.3 Å². The number of rotatable bonds is 5. The molecule has 0 amide bonds. The van der Waals surface area contributed by atoms with E-state index in [0.29, 0.717) is 5.56 Å². The van der Waals surface area contributed by atoms with Crippen molar-refractivity contribution in [1.29, 1.82) is 0 Å². The van der Waals surface area contributed by atoms with Gasteiger partial charge in [0.15, 0.2) is 6.20 Å². The molecule has 4 aromatic rings. The highest BCUT2D eigenvalue weighted by atomic mass is 28.3. The number of halogens is 10. The van der Waals surface area contributed by atoms with Crippen molar-refractivity contribution in [3.63, 3.8) is 0 Å². The second-order valence-electron chi connectivity index (χ2n) is 14.3. The van der Waals surface area contributed by atoms with Crippen molar-refractivity contribution < 1.29 is 49.8 Å². The van der Waals surface area contributed by atoms with E-state index in [4.69, 9.17) is 1.37 Å². The van der Waals surface area contributed by atoms with Gasteiger partial charge in [-0.2, -0.15) is 43.9 Å². The highest BCUT2D eigenvalue weighted by Gasteiger charge is 2.95. The summed E-state index contributed by atoms with van der Waals surface area (Å²) in [6.07, 6.45) is 5.18. The maximum Gasteiger partial charge on any atom is 0.384 e. The van der Waals surface area contributed by atoms with Gasteiger partial charge < -0.3 is 0 Å². The topological polar surface area (TPSA) is 3.88 Å². The number of fused-ring (bicyclic) bond motifs is 1. The number of aryl methyl sites for hydroxylation is 2. The molecule has 6 rings (SSSR count). The van der Waals surface area contributed by atoms with E-state index in [0.717, 1.165) is 59.7 Å². The van der Waals surface area contributed by atoms with E-state index < -0.39 is 60.4 Å². The van der Waals surface area contributed by atoms with Gasteiger partial charge in [-0.1, -0.05) is 81.0 Å². The lowest BCUT2D eigenvalue weighted by molar-refractivity contribution is -0.659. The fourth-order valence-electron chi connectivity index (χ4n) is 7.38. The quantitative estimate of drug-likeness (QED) is 0.110. The smallest absolute Gasteiger partial charge is 0.201 e. The van der Waals surface area contributed by atoms with Crippen LogP contribution in [0.4, 0.5) is 43.9 Å². The normalized spacial score (nSPS) is 22.6. The molecule has 2 fully saturated rings. The molecule has 2 aliphatic carbocycles. The zero-order valence-electron chi connectivity index (χ0n) is 28.5. The minimum absolute atomic E-state index is 0.00664. The molecule has 12 heteroatoms. The first-order valence-corrected chi connectivity index (χ1v) is 19.5. The van der Waals surface area contributed by atoms with Crippen molar-refractivity contribution >= 4 is 24.0 Å². The van der Waals surface area contributed by atoms with Crippen molar-refractivity contribution in [1.82, 2.24) is 0 Å². The van der Waals surface area contributed by atoms with E-state index in [1.165, 1.54) is 18.2 Å². The summed E-state index contributed by atoms with van der Waals surface area (Å²) in [6, 6.07) is 15.0. The van der Waals surface area contributed by atoms with E-state index in [2.05, 4.69) is 19.6 Å². The lowest BCUT2D eigenvalue weighted by Gasteiger charge is -2.50. The van der Waals surface area contributed by atoms with Crippen molar-refractivity contribution in [2.24, 2.45) is 7.05 Å². The van der Waals surface area contributed by atoms with Gasteiger partial charge in [-0.05, 0) is 70.3 Å². The van der Waals surface area contributed by atoms with Gasteiger partial charge in [0.25, 0.3) is 0 Å². The number of aromatic nitrogens is 1. The van der Waals surface area contributed by atoms with Crippen LogP contribution in [0.15, 0.2) is 66.9 Å². The molecular weight excluding hydrogens is 676 g/mol. The summed E-state index contributed by atoms with van der Waals surface area (Å²) in [7, 11) is -0.521. The Labute approximate surface area is 280 Å². The molecule has 3 aromatic carbocycles. The Morgan fingerprint density at radius 3 is 1.78 bits per heavy atom. The SMILES string of the molecule is [2H]C1(c2ccc(-c3cc(-c4cc(C5C(F)(F)C(F)(F)C(F)(F)C(F)(F)C5(F)F)c5ccccc5c4C)[n+](C)cc3[Si](C)(C)C)cc2)CCCC1. The number of alkyl halides is 10. The predicted molar refractivity (Wildman–Crippen MR) is 172 cm³/mol. The Kier molecular flexibility index (Phi) is 7.85. The molecule has 0 bridgehead atoms. The third-order valence-electron chi connectivity index (χ3n) is 10.2. The molecule has 0 radical (unpaired) electrons. The summed E-state index contributed by atoms with van der Waals surface area (Å²) in [5.74, 6) is -38.3. The minimum Gasteiger partial charge on any atom is -0.201 e. The van der Waals surface area contributed by atoms with Crippen LogP contribution in [-0.4, -0.2) is 37.7 Å². The van der Waals surface area contributed by atoms with E-state index in [1.807, 2.05) is 30.5 Å². The Morgan fingerprint density at radius 2 is 1.24 bits per heavy atom. The average Bonchev–Trinajstić information content (AvgIpc) is 3.48. The lowest BCUT2D eigenvalue weighted by Crippen LogP contribution is -2.76.